The van der Waals surface area contributed by atoms with Gasteiger partial charge in [-0.1, -0.05) is 28.1 Å². The maximum atomic E-state index is 5.15. The summed E-state index contributed by atoms with van der Waals surface area (Å²) in [7, 11) is 1.69. The summed E-state index contributed by atoms with van der Waals surface area (Å²) in [5.74, 6) is 0.903. The molecule has 1 N–H and O–H groups in total. The summed E-state index contributed by atoms with van der Waals surface area (Å²) in [6, 6.07) is 14.5. The second-order valence-electron chi connectivity index (χ2n) is 4.49. The molecule has 0 aliphatic rings. The lowest BCUT2D eigenvalue weighted by atomic mass is 10.1. The topological polar surface area (TPSA) is 21.3 Å². The zero-order valence-corrected chi connectivity index (χ0v) is 12.8. The summed E-state index contributed by atoms with van der Waals surface area (Å²) in [6.07, 6.45) is 0.999. The molecule has 0 aliphatic carbocycles. The van der Waals surface area contributed by atoms with E-state index in [0.29, 0.717) is 0 Å². The molecular formula is C16H18BrNO. The lowest BCUT2D eigenvalue weighted by Gasteiger charge is -2.08. The fourth-order valence-electron chi connectivity index (χ4n) is 1.90. The van der Waals surface area contributed by atoms with Gasteiger partial charge in [0.15, 0.2) is 0 Å². The van der Waals surface area contributed by atoms with Crippen LogP contribution in [0.2, 0.25) is 0 Å². The average molecular weight is 320 g/mol. The molecule has 0 spiro atoms. The number of benzene rings is 2. The van der Waals surface area contributed by atoms with Gasteiger partial charge in [-0.2, -0.15) is 0 Å². The van der Waals surface area contributed by atoms with Gasteiger partial charge in [0.05, 0.1) is 7.11 Å². The average Bonchev–Trinajstić information content (AvgIpc) is 2.43. The summed E-state index contributed by atoms with van der Waals surface area (Å²) in [6.45, 7) is 3.02. The maximum Gasteiger partial charge on any atom is 0.118 e. The fourth-order valence-corrected chi connectivity index (χ4v) is 2.14. The Morgan fingerprint density at radius 3 is 2.47 bits per heavy atom. The highest BCUT2D eigenvalue weighted by atomic mass is 79.9. The standard InChI is InChI=1S/C16H18BrNO/c1-12-11-14(5-8-16(12)17)18-10-9-13-3-6-15(19-2)7-4-13/h3-8,11,18H,9-10H2,1-2H3. The second kappa shape index (κ2) is 6.62. The number of aryl methyl sites for hydroxylation is 1. The fraction of sp³-hybridized carbons (Fsp3) is 0.250. The normalized spacial score (nSPS) is 10.3. The van der Waals surface area contributed by atoms with E-state index >= 15 is 0 Å². The Hall–Kier alpha value is -1.48. The van der Waals surface area contributed by atoms with Crippen molar-refractivity contribution in [1.29, 1.82) is 0 Å². The minimum Gasteiger partial charge on any atom is -0.497 e. The third-order valence-corrected chi connectivity index (χ3v) is 3.95. The Morgan fingerprint density at radius 2 is 1.84 bits per heavy atom. The van der Waals surface area contributed by atoms with Crippen LogP contribution in [-0.2, 0) is 6.42 Å². The molecule has 3 heteroatoms. The van der Waals surface area contributed by atoms with Gasteiger partial charge < -0.3 is 10.1 Å². The summed E-state index contributed by atoms with van der Waals surface area (Å²) < 4.78 is 6.29. The van der Waals surface area contributed by atoms with Crippen molar-refractivity contribution in [1.82, 2.24) is 0 Å². The van der Waals surface area contributed by atoms with E-state index in [9.17, 15) is 0 Å². The van der Waals surface area contributed by atoms with E-state index in [1.54, 1.807) is 7.11 Å². The molecule has 0 amide bonds. The molecule has 0 atom stereocenters. The van der Waals surface area contributed by atoms with Crippen LogP contribution in [0.4, 0.5) is 5.69 Å². The van der Waals surface area contributed by atoms with Crippen LogP contribution in [0.15, 0.2) is 46.9 Å². The van der Waals surface area contributed by atoms with E-state index in [-0.39, 0.29) is 0 Å². The molecule has 2 nitrogen and oxygen atoms in total. The van der Waals surface area contributed by atoms with Crippen molar-refractivity contribution >= 4 is 21.6 Å². The highest BCUT2D eigenvalue weighted by Crippen LogP contribution is 2.20. The monoisotopic (exact) mass is 319 g/mol. The third kappa shape index (κ3) is 4.00. The van der Waals surface area contributed by atoms with Crippen molar-refractivity contribution in [2.24, 2.45) is 0 Å². The SMILES string of the molecule is COc1ccc(CCNc2ccc(Br)c(C)c2)cc1. The number of halogens is 1. The molecule has 0 radical (unpaired) electrons. The van der Waals surface area contributed by atoms with Crippen LogP contribution in [0.5, 0.6) is 5.75 Å². The van der Waals surface area contributed by atoms with E-state index in [1.165, 1.54) is 11.1 Å². The van der Waals surface area contributed by atoms with Gasteiger partial charge in [-0.05, 0) is 54.8 Å². The summed E-state index contributed by atoms with van der Waals surface area (Å²) in [5, 5.41) is 3.44. The maximum absolute atomic E-state index is 5.15. The van der Waals surface area contributed by atoms with Crippen molar-refractivity contribution in [3.63, 3.8) is 0 Å². The molecule has 0 aromatic heterocycles. The lowest BCUT2D eigenvalue weighted by molar-refractivity contribution is 0.414. The molecule has 0 saturated carbocycles. The third-order valence-electron chi connectivity index (χ3n) is 3.06. The molecule has 100 valence electrons. The Labute approximate surface area is 122 Å². The molecule has 19 heavy (non-hydrogen) atoms. The molecular weight excluding hydrogens is 302 g/mol. The molecule has 2 aromatic carbocycles. The second-order valence-corrected chi connectivity index (χ2v) is 5.34. The van der Waals surface area contributed by atoms with E-state index in [4.69, 9.17) is 4.74 Å². The highest BCUT2D eigenvalue weighted by molar-refractivity contribution is 9.10. The Bertz CT molecular complexity index is 537. The highest BCUT2D eigenvalue weighted by Gasteiger charge is 1.98. The molecule has 0 saturated heterocycles. The number of hydrogen-bond donors (Lipinski definition) is 1. The van der Waals surface area contributed by atoms with E-state index < -0.39 is 0 Å². The predicted octanol–water partition coefficient (Wildman–Crippen LogP) is 4.42. The summed E-state index contributed by atoms with van der Waals surface area (Å²) in [5.41, 5.74) is 3.71. The van der Waals surface area contributed by atoms with E-state index in [2.05, 4.69) is 58.5 Å². The van der Waals surface area contributed by atoms with Gasteiger partial charge in [-0.3, -0.25) is 0 Å². The molecule has 2 aromatic rings. The number of nitrogens with one attached hydrogen (secondary N) is 1. The van der Waals surface area contributed by atoms with Crippen molar-refractivity contribution in [2.75, 3.05) is 19.0 Å². The van der Waals surface area contributed by atoms with Gasteiger partial charge in [0.1, 0.15) is 5.75 Å². The molecule has 0 aliphatic heterocycles. The first-order valence-electron chi connectivity index (χ1n) is 6.32. The first kappa shape index (κ1) is 13.9. The van der Waals surface area contributed by atoms with Crippen molar-refractivity contribution < 1.29 is 4.74 Å². The predicted molar refractivity (Wildman–Crippen MR) is 84.1 cm³/mol. The Balaban J connectivity index is 1.86. The van der Waals surface area contributed by atoms with Crippen LogP contribution in [0.3, 0.4) is 0 Å². The van der Waals surface area contributed by atoms with Gasteiger partial charge in [-0.25, -0.2) is 0 Å². The summed E-state index contributed by atoms with van der Waals surface area (Å²) >= 11 is 3.51. The van der Waals surface area contributed by atoms with Crippen LogP contribution in [0.25, 0.3) is 0 Å². The van der Waals surface area contributed by atoms with Crippen molar-refractivity contribution in [2.45, 2.75) is 13.3 Å². The van der Waals surface area contributed by atoms with Crippen LogP contribution in [-0.4, -0.2) is 13.7 Å². The van der Waals surface area contributed by atoms with Gasteiger partial charge in [0, 0.05) is 16.7 Å². The van der Waals surface area contributed by atoms with Crippen LogP contribution < -0.4 is 10.1 Å². The number of hydrogen-bond acceptors (Lipinski definition) is 2. The number of methoxy groups -OCH3 is 1. The van der Waals surface area contributed by atoms with Crippen LogP contribution >= 0.6 is 15.9 Å². The number of rotatable bonds is 5. The largest absolute Gasteiger partial charge is 0.497 e. The molecule has 0 bridgehead atoms. The molecule has 0 heterocycles. The van der Waals surface area contributed by atoms with E-state index in [1.807, 2.05) is 12.1 Å². The van der Waals surface area contributed by atoms with Gasteiger partial charge >= 0.3 is 0 Å². The molecule has 0 unspecified atom stereocenters. The lowest BCUT2D eigenvalue weighted by Crippen LogP contribution is -2.04. The minimum absolute atomic E-state index is 0.903. The summed E-state index contributed by atoms with van der Waals surface area (Å²) in [4.78, 5) is 0. The molecule has 0 fully saturated rings. The van der Waals surface area contributed by atoms with Crippen molar-refractivity contribution in [3.05, 3.63) is 58.1 Å². The zero-order valence-electron chi connectivity index (χ0n) is 11.2. The quantitative estimate of drug-likeness (QED) is 0.880. The minimum atomic E-state index is 0.903. The number of ether oxygens (including phenoxy) is 1. The van der Waals surface area contributed by atoms with Crippen LogP contribution in [0.1, 0.15) is 11.1 Å². The Morgan fingerprint density at radius 1 is 1.11 bits per heavy atom. The number of anilines is 1. The first-order chi connectivity index (χ1) is 9.19. The van der Waals surface area contributed by atoms with Gasteiger partial charge in [0.25, 0.3) is 0 Å². The first-order valence-corrected chi connectivity index (χ1v) is 7.11. The zero-order chi connectivity index (χ0) is 13.7. The molecule has 2 rings (SSSR count). The van der Waals surface area contributed by atoms with Crippen molar-refractivity contribution in [3.8, 4) is 5.75 Å². The van der Waals surface area contributed by atoms with E-state index in [0.717, 1.165) is 28.9 Å². The van der Waals surface area contributed by atoms with Gasteiger partial charge in [-0.15, -0.1) is 0 Å². The van der Waals surface area contributed by atoms with Crippen LogP contribution in [0, 0.1) is 6.92 Å². The Kier molecular flexibility index (Phi) is 4.86. The van der Waals surface area contributed by atoms with Gasteiger partial charge in [0.2, 0.25) is 0 Å². The smallest absolute Gasteiger partial charge is 0.118 e.